The maximum Gasteiger partial charge on any atom is 0.0994 e. The van der Waals surface area contributed by atoms with Gasteiger partial charge >= 0.3 is 0 Å². The van der Waals surface area contributed by atoms with Crippen LogP contribution in [-0.2, 0) is 6.42 Å². The molecule has 0 radical (unpaired) electrons. The molecule has 1 atom stereocenters. The van der Waals surface area contributed by atoms with Crippen LogP contribution in [0.2, 0.25) is 0 Å². The van der Waals surface area contributed by atoms with Gasteiger partial charge in [0.25, 0.3) is 0 Å². The molecule has 1 aliphatic heterocycles. The summed E-state index contributed by atoms with van der Waals surface area (Å²) in [4.78, 5) is 0. The molecule has 2 aromatic rings. The first kappa shape index (κ1) is 26.7. The Morgan fingerprint density at radius 1 is 1.12 bits per heavy atom. The number of benzene rings is 2. The fourth-order valence-corrected chi connectivity index (χ4v) is 4.62. The van der Waals surface area contributed by atoms with Crippen LogP contribution in [0.15, 0.2) is 36.4 Å². The summed E-state index contributed by atoms with van der Waals surface area (Å²) in [7, 11) is 0. The van der Waals surface area contributed by atoms with Crippen LogP contribution in [0.1, 0.15) is 107 Å². The van der Waals surface area contributed by atoms with Crippen LogP contribution in [0.3, 0.4) is 0 Å². The van der Waals surface area contributed by atoms with Crippen molar-refractivity contribution in [3.05, 3.63) is 69.8 Å². The maximum atomic E-state index is 9.49. The summed E-state index contributed by atoms with van der Waals surface area (Å²) in [6.45, 7) is 17.6. The van der Waals surface area contributed by atoms with Crippen molar-refractivity contribution in [1.82, 2.24) is 0 Å². The average Bonchev–Trinajstić information content (AvgIpc) is 2.77. The smallest absolute Gasteiger partial charge is 0.0994 e. The van der Waals surface area contributed by atoms with Crippen molar-refractivity contribution < 1.29 is 0 Å². The quantitative estimate of drug-likeness (QED) is 0.482. The minimum absolute atomic E-state index is 0.133. The van der Waals surface area contributed by atoms with E-state index in [1.807, 2.05) is 6.92 Å². The molecule has 1 heterocycles. The van der Waals surface area contributed by atoms with Gasteiger partial charge in [-0.2, -0.15) is 5.26 Å². The Labute approximate surface area is 203 Å². The van der Waals surface area contributed by atoms with E-state index >= 15 is 0 Å². The average molecular weight is 445 g/mol. The molecule has 3 rings (SSSR count). The molecule has 0 bridgehead atoms. The highest BCUT2D eigenvalue weighted by Crippen LogP contribution is 2.38. The zero-order valence-electron chi connectivity index (χ0n) is 22.2. The number of rotatable bonds is 6. The van der Waals surface area contributed by atoms with Gasteiger partial charge in [0, 0.05) is 11.2 Å². The summed E-state index contributed by atoms with van der Waals surface area (Å²) in [6.07, 6.45) is 9.54. The second kappa shape index (κ2) is 12.1. The van der Waals surface area contributed by atoms with E-state index in [1.54, 1.807) is 0 Å². The molecule has 1 unspecified atom stereocenters. The number of nitriles is 1. The number of anilines is 1. The molecule has 2 heteroatoms. The molecular formula is C31H44N2. The minimum Gasteiger partial charge on any atom is -0.380 e. The predicted molar refractivity (Wildman–Crippen MR) is 145 cm³/mol. The van der Waals surface area contributed by atoms with E-state index in [-0.39, 0.29) is 5.54 Å². The molecule has 0 spiro atoms. The fraction of sp³-hybridized carbons (Fsp3) is 0.516. The summed E-state index contributed by atoms with van der Waals surface area (Å²) in [5, 5.41) is 13.2. The number of allylic oxidation sites excluding steroid dienone is 1. The summed E-state index contributed by atoms with van der Waals surface area (Å²) < 4.78 is 0. The van der Waals surface area contributed by atoms with E-state index in [4.69, 9.17) is 0 Å². The van der Waals surface area contributed by atoms with Gasteiger partial charge < -0.3 is 5.32 Å². The van der Waals surface area contributed by atoms with E-state index in [0.29, 0.717) is 0 Å². The molecule has 2 nitrogen and oxygen atoms in total. The standard InChI is InChI=1S/C24H28N2.C7H16/c1-6-8-19(22-14-18(15-25)16(2)13-17(22)3)20-9-7-10-23-21(20)11-12-24(4,5)26-23;1-4-6-7(3)5-2/h7-10,13-14,26H,6,11-12H2,1-5H3;7H,4-6H2,1-3H3/b19-8-;. The van der Waals surface area contributed by atoms with Crippen LogP contribution in [0, 0.1) is 31.1 Å². The van der Waals surface area contributed by atoms with Gasteiger partial charge in [0.1, 0.15) is 0 Å². The first-order valence-electron chi connectivity index (χ1n) is 12.8. The molecule has 0 aromatic heterocycles. The highest BCUT2D eigenvalue weighted by Gasteiger charge is 2.26. The van der Waals surface area contributed by atoms with E-state index < -0.39 is 0 Å². The molecule has 0 saturated heterocycles. The Morgan fingerprint density at radius 3 is 2.42 bits per heavy atom. The topological polar surface area (TPSA) is 35.8 Å². The molecule has 178 valence electrons. The lowest BCUT2D eigenvalue weighted by atomic mass is 9.82. The molecule has 0 amide bonds. The van der Waals surface area contributed by atoms with Gasteiger partial charge in [-0.1, -0.05) is 71.2 Å². The summed E-state index contributed by atoms with van der Waals surface area (Å²) >= 11 is 0. The number of fused-ring (bicyclic) bond motifs is 1. The highest BCUT2D eigenvalue weighted by atomic mass is 15.0. The monoisotopic (exact) mass is 444 g/mol. The molecule has 1 N–H and O–H groups in total. The van der Waals surface area contributed by atoms with Crippen molar-refractivity contribution in [2.45, 2.75) is 99.5 Å². The van der Waals surface area contributed by atoms with Gasteiger partial charge in [-0.15, -0.1) is 0 Å². The van der Waals surface area contributed by atoms with Gasteiger partial charge in [-0.3, -0.25) is 0 Å². The lowest BCUT2D eigenvalue weighted by Crippen LogP contribution is -2.35. The molecule has 0 aliphatic carbocycles. The summed E-state index contributed by atoms with van der Waals surface area (Å²) in [5.41, 5.74) is 9.52. The van der Waals surface area contributed by atoms with Gasteiger partial charge in [0.15, 0.2) is 0 Å². The zero-order valence-corrected chi connectivity index (χ0v) is 22.2. The Morgan fingerprint density at radius 2 is 1.85 bits per heavy atom. The lowest BCUT2D eigenvalue weighted by Gasteiger charge is -2.35. The van der Waals surface area contributed by atoms with Crippen LogP contribution < -0.4 is 5.32 Å². The van der Waals surface area contributed by atoms with Crippen molar-refractivity contribution in [1.29, 1.82) is 5.26 Å². The van der Waals surface area contributed by atoms with Gasteiger partial charge in [-0.05, 0) is 98.4 Å². The van der Waals surface area contributed by atoms with Crippen molar-refractivity contribution in [2.75, 3.05) is 5.32 Å². The number of nitrogens with one attached hydrogen (secondary N) is 1. The van der Waals surface area contributed by atoms with E-state index in [9.17, 15) is 5.26 Å². The minimum atomic E-state index is 0.133. The molecule has 0 saturated carbocycles. The van der Waals surface area contributed by atoms with Crippen LogP contribution in [0.25, 0.3) is 5.57 Å². The Hall–Kier alpha value is -2.53. The first-order chi connectivity index (χ1) is 15.7. The van der Waals surface area contributed by atoms with Crippen LogP contribution in [-0.4, -0.2) is 5.54 Å². The number of hydrogen-bond acceptors (Lipinski definition) is 2. The van der Waals surface area contributed by atoms with Crippen molar-refractivity contribution in [3.63, 3.8) is 0 Å². The van der Waals surface area contributed by atoms with Gasteiger partial charge in [-0.25, -0.2) is 0 Å². The maximum absolute atomic E-state index is 9.49. The molecule has 1 aliphatic rings. The Balaban J connectivity index is 0.000000479. The highest BCUT2D eigenvalue weighted by molar-refractivity contribution is 5.86. The Kier molecular flexibility index (Phi) is 9.78. The lowest BCUT2D eigenvalue weighted by molar-refractivity contribution is 0.502. The fourth-order valence-electron chi connectivity index (χ4n) is 4.62. The largest absolute Gasteiger partial charge is 0.380 e. The van der Waals surface area contributed by atoms with Gasteiger partial charge in [0.05, 0.1) is 11.6 Å². The van der Waals surface area contributed by atoms with Crippen molar-refractivity contribution in [2.24, 2.45) is 5.92 Å². The Bertz CT molecular complexity index is 1000. The third kappa shape index (κ3) is 6.97. The van der Waals surface area contributed by atoms with Crippen molar-refractivity contribution in [3.8, 4) is 6.07 Å². The molecule has 0 fully saturated rings. The van der Waals surface area contributed by atoms with Crippen LogP contribution in [0.4, 0.5) is 5.69 Å². The molecular weight excluding hydrogens is 400 g/mol. The van der Waals surface area contributed by atoms with E-state index in [1.165, 1.54) is 52.8 Å². The van der Waals surface area contributed by atoms with E-state index in [2.05, 4.69) is 96.3 Å². The number of hydrogen-bond donors (Lipinski definition) is 1. The predicted octanol–water partition coefficient (Wildman–Crippen LogP) is 8.99. The van der Waals surface area contributed by atoms with Gasteiger partial charge in [0.2, 0.25) is 0 Å². The summed E-state index contributed by atoms with van der Waals surface area (Å²) in [6, 6.07) is 13.1. The zero-order chi connectivity index (χ0) is 24.6. The number of aryl methyl sites for hydroxylation is 2. The molecule has 33 heavy (non-hydrogen) atoms. The normalized spacial score (nSPS) is 15.4. The molecule has 2 aromatic carbocycles. The third-order valence-electron chi connectivity index (χ3n) is 6.81. The number of nitrogens with zero attached hydrogens (tertiary/aromatic N) is 1. The van der Waals surface area contributed by atoms with E-state index in [0.717, 1.165) is 36.3 Å². The summed E-state index contributed by atoms with van der Waals surface area (Å²) in [5.74, 6) is 0.949. The van der Waals surface area contributed by atoms with Crippen LogP contribution >= 0.6 is 0 Å². The van der Waals surface area contributed by atoms with Crippen molar-refractivity contribution >= 4 is 11.3 Å². The first-order valence-corrected chi connectivity index (χ1v) is 12.8. The second-order valence-corrected chi connectivity index (χ2v) is 10.3. The SMILES string of the molecule is CC/C=C(\c1cc(C#N)c(C)cc1C)c1cccc2c1CCC(C)(C)N2.CCCC(C)CC. The second-order valence-electron chi connectivity index (χ2n) is 10.3. The third-order valence-corrected chi connectivity index (χ3v) is 6.81. The van der Waals surface area contributed by atoms with Crippen LogP contribution in [0.5, 0.6) is 0 Å².